The molecule has 0 unspecified atom stereocenters. The Balaban J connectivity index is 1.50. The van der Waals surface area contributed by atoms with E-state index < -0.39 is 0 Å². The van der Waals surface area contributed by atoms with Gasteiger partial charge in [0.25, 0.3) is 0 Å². The van der Waals surface area contributed by atoms with Gasteiger partial charge in [-0.15, -0.1) is 0 Å². The van der Waals surface area contributed by atoms with E-state index in [0.717, 1.165) is 43.4 Å². The molecule has 1 amide bonds. The Kier molecular flexibility index (Phi) is 4.78. The number of hydrogen-bond donors (Lipinski definition) is 1. The summed E-state index contributed by atoms with van der Waals surface area (Å²) in [6, 6.07) is 10.4. The molecule has 1 N–H and O–H groups in total. The minimum Gasteiger partial charge on any atom is -0.349 e. The monoisotopic (exact) mass is 295 g/mol. The Morgan fingerprint density at radius 3 is 3.00 bits per heavy atom. The fourth-order valence-corrected chi connectivity index (χ4v) is 3.01. The highest BCUT2D eigenvalue weighted by Gasteiger charge is 2.22. The zero-order chi connectivity index (χ0) is 15.2. The van der Waals surface area contributed by atoms with Crippen LogP contribution in [-0.4, -0.2) is 15.9 Å². The van der Waals surface area contributed by atoms with Crippen LogP contribution in [0.3, 0.4) is 0 Å². The molecule has 0 radical (unpaired) electrons. The van der Waals surface area contributed by atoms with Gasteiger partial charge in [-0.3, -0.25) is 4.79 Å². The third-order valence-electron chi connectivity index (χ3n) is 4.16. The molecule has 0 bridgehead atoms. The maximum atomic E-state index is 12.2. The molecule has 1 aliphatic rings. The molecule has 0 fully saturated rings. The van der Waals surface area contributed by atoms with Gasteiger partial charge in [0.1, 0.15) is 6.33 Å². The molecule has 1 aromatic carbocycles. The van der Waals surface area contributed by atoms with Crippen molar-refractivity contribution in [2.24, 2.45) is 0 Å². The van der Waals surface area contributed by atoms with Crippen LogP contribution in [0.5, 0.6) is 0 Å². The summed E-state index contributed by atoms with van der Waals surface area (Å²) in [5, 5.41) is 3.14. The summed E-state index contributed by atoms with van der Waals surface area (Å²) in [6.07, 6.45) is 8.84. The summed E-state index contributed by atoms with van der Waals surface area (Å²) in [7, 11) is 0. The Hall–Kier alpha value is -2.23. The standard InChI is InChI=1S/C18H21N3O/c22-18(11-4-8-14-6-2-1-3-7-14)21-17-10-5-9-16-15(17)12-19-13-20-16/h1-3,6-7,12-13,17H,4-5,8-11H2,(H,21,22)/t17-/m0/s1. The van der Waals surface area contributed by atoms with Gasteiger partial charge in [0.15, 0.2) is 0 Å². The number of aromatic nitrogens is 2. The normalized spacial score (nSPS) is 16.8. The molecule has 0 saturated heterocycles. The van der Waals surface area contributed by atoms with E-state index in [1.807, 2.05) is 24.4 Å². The SMILES string of the molecule is O=C(CCCc1ccccc1)N[C@H]1CCCc2ncncc21. The quantitative estimate of drug-likeness (QED) is 0.922. The summed E-state index contributed by atoms with van der Waals surface area (Å²) in [4.78, 5) is 20.6. The van der Waals surface area contributed by atoms with Crippen LogP contribution in [0.1, 0.15) is 48.5 Å². The number of nitrogens with zero attached hydrogens (tertiary/aromatic N) is 2. The van der Waals surface area contributed by atoms with Crippen LogP contribution in [0, 0.1) is 0 Å². The molecular weight excluding hydrogens is 274 g/mol. The van der Waals surface area contributed by atoms with Crippen molar-refractivity contribution in [3.8, 4) is 0 Å². The van der Waals surface area contributed by atoms with Crippen molar-refractivity contribution < 1.29 is 4.79 Å². The summed E-state index contributed by atoms with van der Waals surface area (Å²) in [5.74, 6) is 0.123. The molecule has 1 heterocycles. The van der Waals surface area contributed by atoms with Crippen molar-refractivity contribution >= 4 is 5.91 Å². The first-order valence-electron chi connectivity index (χ1n) is 7.95. The van der Waals surface area contributed by atoms with E-state index in [9.17, 15) is 4.79 Å². The first-order chi connectivity index (χ1) is 10.8. The summed E-state index contributed by atoms with van der Waals surface area (Å²) >= 11 is 0. The lowest BCUT2D eigenvalue weighted by molar-refractivity contribution is -0.122. The molecule has 1 aliphatic carbocycles. The molecule has 4 nitrogen and oxygen atoms in total. The number of hydrogen-bond acceptors (Lipinski definition) is 3. The molecule has 22 heavy (non-hydrogen) atoms. The lowest BCUT2D eigenvalue weighted by Gasteiger charge is -2.25. The maximum Gasteiger partial charge on any atom is 0.220 e. The fraction of sp³-hybridized carbons (Fsp3) is 0.389. The Morgan fingerprint density at radius 1 is 1.27 bits per heavy atom. The molecule has 114 valence electrons. The van der Waals surface area contributed by atoms with E-state index in [1.54, 1.807) is 6.33 Å². The molecular formula is C18H21N3O. The van der Waals surface area contributed by atoms with Gasteiger partial charge < -0.3 is 5.32 Å². The average molecular weight is 295 g/mol. The van der Waals surface area contributed by atoms with Gasteiger partial charge >= 0.3 is 0 Å². The summed E-state index contributed by atoms with van der Waals surface area (Å²) < 4.78 is 0. The van der Waals surface area contributed by atoms with Crippen molar-refractivity contribution in [2.45, 2.75) is 44.6 Å². The Bertz CT molecular complexity index is 627. The Morgan fingerprint density at radius 2 is 2.14 bits per heavy atom. The molecule has 2 aromatic rings. The number of benzene rings is 1. The van der Waals surface area contributed by atoms with E-state index in [-0.39, 0.29) is 11.9 Å². The second-order valence-electron chi connectivity index (χ2n) is 5.78. The van der Waals surface area contributed by atoms with Gasteiger partial charge in [0.05, 0.1) is 6.04 Å². The molecule has 0 saturated carbocycles. The van der Waals surface area contributed by atoms with Crippen molar-refractivity contribution in [1.82, 2.24) is 15.3 Å². The van der Waals surface area contributed by atoms with Crippen LogP contribution in [-0.2, 0) is 17.6 Å². The Labute approximate surface area is 131 Å². The highest BCUT2D eigenvalue weighted by atomic mass is 16.1. The van der Waals surface area contributed by atoms with Gasteiger partial charge in [-0.25, -0.2) is 9.97 Å². The summed E-state index contributed by atoms with van der Waals surface area (Å²) in [6.45, 7) is 0. The predicted octanol–water partition coefficient (Wildman–Crippen LogP) is 2.99. The number of amides is 1. The van der Waals surface area contributed by atoms with E-state index in [0.29, 0.717) is 6.42 Å². The summed E-state index contributed by atoms with van der Waals surface area (Å²) in [5.41, 5.74) is 3.45. The third-order valence-corrected chi connectivity index (χ3v) is 4.16. The predicted molar refractivity (Wildman–Crippen MR) is 85.2 cm³/mol. The van der Waals surface area contributed by atoms with Crippen LogP contribution in [0.15, 0.2) is 42.9 Å². The number of fused-ring (bicyclic) bond motifs is 1. The molecule has 1 atom stereocenters. The molecule has 0 aliphatic heterocycles. The van der Waals surface area contributed by atoms with E-state index in [1.165, 1.54) is 5.56 Å². The number of aryl methyl sites for hydroxylation is 2. The number of carbonyl (C=O) groups excluding carboxylic acids is 1. The second-order valence-corrected chi connectivity index (χ2v) is 5.78. The van der Waals surface area contributed by atoms with E-state index in [4.69, 9.17) is 0 Å². The van der Waals surface area contributed by atoms with Crippen LogP contribution in [0.25, 0.3) is 0 Å². The average Bonchev–Trinajstić information content (AvgIpc) is 2.56. The molecule has 4 heteroatoms. The van der Waals surface area contributed by atoms with Gasteiger partial charge in [0.2, 0.25) is 5.91 Å². The highest BCUT2D eigenvalue weighted by molar-refractivity contribution is 5.76. The lowest BCUT2D eigenvalue weighted by atomic mass is 9.92. The van der Waals surface area contributed by atoms with Gasteiger partial charge in [-0.05, 0) is 37.7 Å². The number of rotatable bonds is 5. The zero-order valence-corrected chi connectivity index (χ0v) is 12.7. The highest BCUT2D eigenvalue weighted by Crippen LogP contribution is 2.27. The van der Waals surface area contributed by atoms with Gasteiger partial charge in [-0.1, -0.05) is 30.3 Å². The van der Waals surface area contributed by atoms with Crippen molar-refractivity contribution in [2.75, 3.05) is 0 Å². The largest absolute Gasteiger partial charge is 0.349 e. The number of nitrogens with one attached hydrogen (secondary N) is 1. The minimum atomic E-state index is 0.0779. The van der Waals surface area contributed by atoms with Crippen LogP contribution >= 0.6 is 0 Å². The van der Waals surface area contributed by atoms with E-state index >= 15 is 0 Å². The molecule has 1 aromatic heterocycles. The second kappa shape index (κ2) is 7.16. The fourth-order valence-electron chi connectivity index (χ4n) is 3.01. The number of carbonyl (C=O) groups is 1. The van der Waals surface area contributed by atoms with Crippen LogP contribution in [0.2, 0.25) is 0 Å². The zero-order valence-electron chi connectivity index (χ0n) is 12.7. The van der Waals surface area contributed by atoms with Crippen molar-refractivity contribution in [3.05, 3.63) is 59.7 Å². The first kappa shape index (κ1) is 14.7. The van der Waals surface area contributed by atoms with Gasteiger partial charge in [-0.2, -0.15) is 0 Å². The third kappa shape index (κ3) is 3.70. The minimum absolute atomic E-state index is 0.0779. The van der Waals surface area contributed by atoms with Gasteiger partial charge in [0, 0.05) is 23.9 Å². The van der Waals surface area contributed by atoms with Crippen LogP contribution < -0.4 is 5.32 Å². The van der Waals surface area contributed by atoms with Crippen molar-refractivity contribution in [1.29, 1.82) is 0 Å². The van der Waals surface area contributed by atoms with Crippen molar-refractivity contribution in [3.63, 3.8) is 0 Å². The van der Waals surface area contributed by atoms with Crippen LogP contribution in [0.4, 0.5) is 0 Å². The first-order valence-corrected chi connectivity index (χ1v) is 7.95. The maximum absolute atomic E-state index is 12.2. The molecule has 0 spiro atoms. The molecule has 3 rings (SSSR count). The van der Waals surface area contributed by atoms with E-state index in [2.05, 4.69) is 27.4 Å². The topological polar surface area (TPSA) is 54.9 Å². The smallest absolute Gasteiger partial charge is 0.220 e. The lowest BCUT2D eigenvalue weighted by Crippen LogP contribution is -2.31.